The molecule has 0 amide bonds. The predicted molar refractivity (Wildman–Crippen MR) is 108 cm³/mol. The van der Waals surface area contributed by atoms with Crippen molar-refractivity contribution in [2.45, 2.75) is 6.92 Å². The number of benzene rings is 1. The van der Waals surface area contributed by atoms with Gasteiger partial charge in [0, 0.05) is 31.2 Å². The van der Waals surface area contributed by atoms with Gasteiger partial charge in [-0.1, -0.05) is 29.3 Å². The second kappa shape index (κ2) is 7.02. The van der Waals surface area contributed by atoms with Gasteiger partial charge in [0.05, 0.1) is 20.9 Å². The maximum Gasteiger partial charge on any atom is 0.224 e. The molecule has 3 heterocycles. The molecule has 7 nitrogen and oxygen atoms in total. The van der Waals surface area contributed by atoms with Gasteiger partial charge in [-0.25, -0.2) is 14.6 Å². The molecule has 0 bridgehead atoms. The first-order chi connectivity index (χ1) is 13.0. The Balaban J connectivity index is 1.79. The fourth-order valence-electron chi connectivity index (χ4n) is 2.73. The van der Waals surface area contributed by atoms with E-state index in [9.17, 15) is 0 Å². The molecule has 4 rings (SSSR count). The van der Waals surface area contributed by atoms with Crippen molar-refractivity contribution in [2.24, 2.45) is 0 Å². The monoisotopic (exact) mass is 399 g/mol. The van der Waals surface area contributed by atoms with Crippen LogP contribution in [0.25, 0.3) is 16.6 Å². The molecular formula is C18H15Cl2N7. The van der Waals surface area contributed by atoms with Gasteiger partial charge < -0.3 is 10.6 Å². The fraction of sp³-hybridized carbons (Fsp3) is 0.111. The molecule has 136 valence electrons. The number of nitrogens with zero attached hydrogens (tertiary/aromatic N) is 5. The van der Waals surface area contributed by atoms with E-state index in [1.165, 1.54) is 0 Å². The van der Waals surface area contributed by atoms with Crippen molar-refractivity contribution >= 4 is 51.7 Å². The maximum atomic E-state index is 6.31. The molecule has 0 aliphatic carbocycles. The van der Waals surface area contributed by atoms with Gasteiger partial charge in [-0.05, 0) is 25.1 Å². The van der Waals surface area contributed by atoms with Crippen molar-refractivity contribution in [3.05, 3.63) is 58.5 Å². The summed E-state index contributed by atoms with van der Waals surface area (Å²) < 4.78 is 1.66. The average Bonchev–Trinajstić information content (AvgIpc) is 3.06. The highest BCUT2D eigenvalue weighted by atomic mass is 35.5. The molecule has 1 aromatic carbocycles. The zero-order valence-corrected chi connectivity index (χ0v) is 16.0. The first-order valence-corrected chi connectivity index (χ1v) is 8.90. The Bertz CT molecular complexity index is 1120. The molecule has 27 heavy (non-hydrogen) atoms. The van der Waals surface area contributed by atoms with Crippen molar-refractivity contribution in [3.63, 3.8) is 0 Å². The first-order valence-electron chi connectivity index (χ1n) is 8.14. The average molecular weight is 400 g/mol. The van der Waals surface area contributed by atoms with E-state index in [4.69, 9.17) is 23.2 Å². The molecule has 0 saturated carbocycles. The Morgan fingerprint density at radius 1 is 1.07 bits per heavy atom. The van der Waals surface area contributed by atoms with Crippen LogP contribution >= 0.6 is 23.2 Å². The number of rotatable bonds is 4. The van der Waals surface area contributed by atoms with Gasteiger partial charge in [-0.3, -0.25) is 0 Å². The van der Waals surface area contributed by atoms with E-state index in [1.807, 2.05) is 25.3 Å². The van der Waals surface area contributed by atoms with Crippen molar-refractivity contribution in [3.8, 4) is 5.69 Å². The van der Waals surface area contributed by atoms with E-state index in [-0.39, 0.29) is 0 Å². The third-order valence-corrected chi connectivity index (χ3v) is 4.53. The number of halogens is 2. The third-order valence-electron chi connectivity index (χ3n) is 3.92. The van der Waals surface area contributed by atoms with Crippen LogP contribution in [-0.4, -0.2) is 31.8 Å². The summed E-state index contributed by atoms with van der Waals surface area (Å²) in [4.78, 5) is 13.1. The van der Waals surface area contributed by atoms with Gasteiger partial charge in [-0.15, -0.1) is 0 Å². The second-order valence-corrected chi connectivity index (χ2v) is 6.64. The lowest BCUT2D eigenvalue weighted by Crippen LogP contribution is -2.02. The summed E-state index contributed by atoms with van der Waals surface area (Å²) in [6.45, 7) is 1.90. The van der Waals surface area contributed by atoms with Gasteiger partial charge in [0.1, 0.15) is 17.3 Å². The number of nitrogens with one attached hydrogen (secondary N) is 2. The Hall–Kier alpha value is -2.90. The third kappa shape index (κ3) is 3.39. The normalized spacial score (nSPS) is 11.0. The van der Waals surface area contributed by atoms with Crippen LogP contribution in [0.15, 0.2) is 42.7 Å². The molecule has 9 heteroatoms. The molecule has 0 aliphatic rings. The minimum absolute atomic E-state index is 0.517. The maximum absolute atomic E-state index is 6.31. The summed E-state index contributed by atoms with van der Waals surface area (Å²) in [7, 11) is 1.77. The number of aryl methyl sites for hydroxylation is 1. The van der Waals surface area contributed by atoms with Crippen LogP contribution in [0.5, 0.6) is 0 Å². The van der Waals surface area contributed by atoms with Crippen LogP contribution in [0.2, 0.25) is 10.0 Å². The second-order valence-electron chi connectivity index (χ2n) is 5.83. The Morgan fingerprint density at radius 3 is 2.59 bits per heavy atom. The Kier molecular flexibility index (Phi) is 4.55. The summed E-state index contributed by atoms with van der Waals surface area (Å²) in [5.74, 6) is 1.79. The van der Waals surface area contributed by atoms with E-state index < -0.39 is 0 Å². The van der Waals surface area contributed by atoms with Crippen LogP contribution in [-0.2, 0) is 0 Å². The topological polar surface area (TPSA) is 80.5 Å². The standard InChI is InChI=1S/C18H15Cl2N7/c1-10-8-15(25-18(21-2)23-10)24-17-11-9-27(26-14(11)6-7-22-17)16-12(19)4-3-5-13(16)20/h3-9H,1-2H3,(H2,21,22,23,24,25). The molecule has 4 aromatic rings. The van der Waals surface area contributed by atoms with Gasteiger partial charge in [0.2, 0.25) is 5.95 Å². The van der Waals surface area contributed by atoms with E-state index in [1.54, 1.807) is 36.1 Å². The zero-order valence-electron chi connectivity index (χ0n) is 14.5. The molecule has 0 aliphatic heterocycles. The van der Waals surface area contributed by atoms with Gasteiger partial charge in [0.25, 0.3) is 0 Å². The van der Waals surface area contributed by atoms with Crippen LogP contribution in [0, 0.1) is 6.92 Å². The fourth-order valence-corrected chi connectivity index (χ4v) is 3.30. The summed E-state index contributed by atoms with van der Waals surface area (Å²) in [6.07, 6.45) is 3.52. The lowest BCUT2D eigenvalue weighted by atomic mass is 10.3. The lowest BCUT2D eigenvalue weighted by molar-refractivity contribution is 0.897. The Labute approximate surface area is 165 Å². The highest BCUT2D eigenvalue weighted by Crippen LogP contribution is 2.31. The predicted octanol–water partition coefficient (Wildman–Crippen LogP) is 4.61. The number of pyridine rings is 1. The van der Waals surface area contributed by atoms with Gasteiger partial charge >= 0.3 is 0 Å². The number of aromatic nitrogens is 5. The van der Waals surface area contributed by atoms with Crippen LogP contribution < -0.4 is 10.6 Å². The van der Waals surface area contributed by atoms with Gasteiger partial charge in [-0.2, -0.15) is 10.1 Å². The van der Waals surface area contributed by atoms with Crippen molar-refractivity contribution < 1.29 is 0 Å². The molecular weight excluding hydrogens is 385 g/mol. The van der Waals surface area contributed by atoms with Crippen molar-refractivity contribution in [1.29, 1.82) is 0 Å². The Morgan fingerprint density at radius 2 is 1.85 bits per heavy atom. The summed E-state index contributed by atoms with van der Waals surface area (Å²) >= 11 is 12.6. The molecule has 0 saturated heterocycles. The molecule has 0 unspecified atom stereocenters. The summed E-state index contributed by atoms with van der Waals surface area (Å²) in [6, 6.07) is 9.01. The first kappa shape index (κ1) is 17.5. The van der Waals surface area contributed by atoms with E-state index in [0.717, 1.165) is 16.6 Å². The molecule has 0 fully saturated rings. The number of hydrogen-bond acceptors (Lipinski definition) is 6. The lowest BCUT2D eigenvalue weighted by Gasteiger charge is -2.08. The van der Waals surface area contributed by atoms with E-state index >= 15 is 0 Å². The summed E-state index contributed by atoms with van der Waals surface area (Å²) in [5.41, 5.74) is 2.21. The minimum Gasteiger partial charge on any atom is -0.357 e. The highest BCUT2D eigenvalue weighted by molar-refractivity contribution is 6.37. The van der Waals surface area contributed by atoms with Gasteiger partial charge in [0.15, 0.2) is 0 Å². The quantitative estimate of drug-likeness (QED) is 0.521. The van der Waals surface area contributed by atoms with Crippen LogP contribution in [0.3, 0.4) is 0 Å². The SMILES string of the molecule is CNc1nc(C)cc(Nc2nccc3nn(-c4c(Cl)cccc4Cl)cc23)n1. The van der Waals surface area contributed by atoms with E-state index in [0.29, 0.717) is 33.3 Å². The number of para-hydroxylation sites is 1. The number of fused-ring (bicyclic) bond motifs is 1. The molecule has 0 atom stereocenters. The smallest absolute Gasteiger partial charge is 0.224 e. The molecule has 0 spiro atoms. The number of anilines is 3. The van der Waals surface area contributed by atoms with Crippen LogP contribution in [0.4, 0.5) is 17.6 Å². The molecule has 3 aromatic heterocycles. The van der Waals surface area contributed by atoms with Crippen molar-refractivity contribution in [2.75, 3.05) is 17.7 Å². The van der Waals surface area contributed by atoms with E-state index in [2.05, 4.69) is 30.7 Å². The number of hydrogen-bond donors (Lipinski definition) is 2. The zero-order chi connectivity index (χ0) is 19.0. The minimum atomic E-state index is 0.517. The molecule has 2 N–H and O–H groups in total. The molecule has 0 radical (unpaired) electrons. The van der Waals surface area contributed by atoms with Crippen LogP contribution in [0.1, 0.15) is 5.69 Å². The highest BCUT2D eigenvalue weighted by Gasteiger charge is 2.13. The van der Waals surface area contributed by atoms with Crippen molar-refractivity contribution in [1.82, 2.24) is 24.7 Å². The largest absolute Gasteiger partial charge is 0.357 e. The summed E-state index contributed by atoms with van der Waals surface area (Å²) in [5, 5.41) is 12.6.